The molecule has 1 unspecified atom stereocenters. The van der Waals surface area contributed by atoms with Crippen molar-refractivity contribution in [3.05, 3.63) is 39.4 Å². The van der Waals surface area contributed by atoms with Crippen LogP contribution in [0.5, 0.6) is 0 Å². The Morgan fingerprint density at radius 1 is 1.43 bits per heavy atom. The number of hydrogen-bond donors (Lipinski definition) is 1. The molecule has 6 nitrogen and oxygen atoms in total. The van der Waals surface area contributed by atoms with Crippen LogP contribution in [0.4, 0.5) is 5.69 Å². The molecule has 1 fully saturated rings. The topological polar surface area (TPSA) is 75.5 Å². The largest absolute Gasteiger partial charge is 0.321 e. The van der Waals surface area contributed by atoms with Gasteiger partial charge >= 0.3 is 0 Å². The first-order chi connectivity index (χ1) is 9.69. The van der Waals surface area contributed by atoms with Crippen molar-refractivity contribution in [2.24, 2.45) is 5.41 Å². The normalized spacial score (nSPS) is 19.1. The Balaban J connectivity index is 2.34. The minimum atomic E-state index is -0.385. The summed E-state index contributed by atoms with van der Waals surface area (Å²) in [7, 11) is 0. The van der Waals surface area contributed by atoms with Gasteiger partial charge in [0.15, 0.2) is 0 Å². The van der Waals surface area contributed by atoms with Gasteiger partial charge in [-0.25, -0.2) is 0 Å². The molecule has 1 heterocycles. The summed E-state index contributed by atoms with van der Waals surface area (Å²) < 4.78 is 0. The molecule has 1 aromatic rings. The minimum Gasteiger partial charge on any atom is -0.321 e. The van der Waals surface area contributed by atoms with E-state index in [0.717, 1.165) is 5.56 Å². The smallest absolute Gasteiger partial charge is 0.272 e. The van der Waals surface area contributed by atoms with Crippen LogP contribution < -0.4 is 5.32 Å². The number of benzene rings is 1. The third-order valence-electron chi connectivity index (χ3n) is 3.47. The Labute approximate surface area is 124 Å². The van der Waals surface area contributed by atoms with Gasteiger partial charge in [0.25, 0.3) is 5.69 Å². The molecule has 6 heteroatoms. The highest BCUT2D eigenvalue weighted by Gasteiger charge is 2.34. The van der Waals surface area contributed by atoms with Crippen LogP contribution in [0.15, 0.2) is 18.2 Å². The van der Waals surface area contributed by atoms with E-state index in [0.29, 0.717) is 12.1 Å². The van der Waals surface area contributed by atoms with E-state index >= 15 is 0 Å². The third-order valence-corrected chi connectivity index (χ3v) is 3.47. The highest BCUT2D eigenvalue weighted by molar-refractivity contribution is 5.81. The van der Waals surface area contributed by atoms with E-state index in [9.17, 15) is 14.9 Å². The second-order valence-corrected chi connectivity index (χ2v) is 6.67. The van der Waals surface area contributed by atoms with Gasteiger partial charge < -0.3 is 4.90 Å². The zero-order valence-corrected chi connectivity index (χ0v) is 12.8. The Kier molecular flexibility index (Phi) is 4.00. The molecule has 1 N–H and O–H groups in total. The summed E-state index contributed by atoms with van der Waals surface area (Å²) >= 11 is 0. The summed E-state index contributed by atoms with van der Waals surface area (Å²) in [6.45, 7) is 8.77. The predicted molar refractivity (Wildman–Crippen MR) is 79.7 cm³/mol. The van der Waals surface area contributed by atoms with Crippen LogP contribution in [-0.2, 0) is 4.79 Å². The number of aryl methyl sites for hydroxylation is 1. The van der Waals surface area contributed by atoms with E-state index in [4.69, 9.17) is 0 Å². The molecule has 0 radical (unpaired) electrons. The Morgan fingerprint density at radius 3 is 2.67 bits per heavy atom. The van der Waals surface area contributed by atoms with Gasteiger partial charge in [-0.3, -0.25) is 20.2 Å². The summed E-state index contributed by atoms with van der Waals surface area (Å²) in [6, 6.07) is 5.13. The molecule has 0 saturated carbocycles. The van der Waals surface area contributed by atoms with Crippen LogP contribution in [0.3, 0.4) is 0 Å². The van der Waals surface area contributed by atoms with Crippen LogP contribution in [0, 0.1) is 22.5 Å². The van der Waals surface area contributed by atoms with Gasteiger partial charge in [-0.2, -0.15) is 0 Å². The van der Waals surface area contributed by atoms with Crippen molar-refractivity contribution in [2.75, 3.05) is 13.1 Å². The fourth-order valence-electron chi connectivity index (χ4n) is 2.52. The highest BCUT2D eigenvalue weighted by atomic mass is 16.6. The Bertz CT molecular complexity index is 578. The van der Waals surface area contributed by atoms with Crippen molar-refractivity contribution in [3.8, 4) is 0 Å². The van der Waals surface area contributed by atoms with Gasteiger partial charge in [0.2, 0.25) is 5.91 Å². The van der Waals surface area contributed by atoms with Crippen molar-refractivity contribution in [2.45, 2.75) is 33.9 Å². The summed E-state index contributed by atoms with van der Waals surface area (Å²) in [5.41, 5.74) is 1.43. The van der Waals surface area contributed by atoms with Gasteiger partial charge in [0, 0.05) is 18.2 Å². The zero-order chi connectivity index (χ0) is 15.8. The van der Waals surface area contributed by atoms with Gasteiger partial charge in [-0.05, 0) is 17.9 Å². The van der Waals surface area contributed by atoms with Crippen LogP contribution in [0.2, 0.25) is 0 Å². The minimum absolute atomic E-state index is 0.0261. The fourth-order valence-corrected chi connectivity index (χ4v) is 2.52. The van der Waals surface area contributed by atoms with Crippen molar-refractivity contribution >= 4 is 11.6 Å². The molecular formula is C15H21N3O3. The number of hydrogen-bond acceptors (Lipinski definition) is 4. The number of carbonyl (C=O) groups excluding carboxylic acids is 1. The fraction of sp³-hybridized carbons (Fsp3) is 0.533. The van der Waals surface area contributed by atoms with E-state index in [1.807, 2.05) is 6.07 Å². The maximum atomic E-state index is 12.1. The first kappa shape index (κ1) is 15.4. The lowest BCUT2D eigenvalue weighted by Crippen LogP contribution is -2.37. The lowest BCUT2D eigenvalue weighted by atomic mass is 9.95. The van der Waals surface area contributed by atoms with Crippen LogP contribution in [-0.4, -0.2) is 28.8 Å². The maximum absolute atomic E-state index is 12.1. The van der Waals surface area contributed by atoms with Crippen LogP contribution >= 0.6 is 0 Å². The quantitative estimate of drug-likeness (QED) is 0.685. The van der Waals surface area contributed by atoms with Crippen LogP contribution in [0.1, 0.15) is 38.1 Å². The van der Waals surface area contributed by atoms with Crippen LogP contribution in [0.25, 0.3) is 0 Å². The highest BCUT2D eigenvalue weighted by Crippen LogP contribution is 2.30. The van der Waals surface area contributed by atoms with E-state index in [2.05, 4.69) is 26.1 Å². The molecule has 2 rings (SSSR count). The van der Waals surface area contributed by atoms with E-state index in [1.54, 1.807) is 24.0 Å². The number of rotatable bonds is 3. The standard InChI is InChI=1S/C15H21N3O3/c1-10-5-6-11(7-12(10)18(20)21)14-16-8-13(19)17(14)9-15(2,3)4/h5-7,14,16H,8-9H2,1-4H3. The van der Waals surface area contributed by atoms with Crippen molar-refractivity contribution < 1.29 is 9.72 Å². The lowest BCUT2D eigenvalue weighted by Gasteiger charge is -2.31. The molecule has 114 valence electrons. The molecule has 1 aliphatic heterocycles. The number of carbonyl (C=O) groups is 1. The number of amides is 1. The molecule has 1 aromatic carbocycles. The first-order valence-corrected chi connectivity index (χ1v) is 6.97. The second kappa shape index (κ2) is 5.44. The van der Waals surface area contributed by atoms with Gasteiger partial charge in [0.05, 0.1) is 11.5 Å². The molecule has 0 spiro atoms. The SMILES string of the molecule is Cc1ccc(C2NCC(=O)N2CC(C)(C)C)cc1[N+](=O)[O-]. The number of nitrogens with zero attached hydrogens (tertiary/aromatic N) is 2. The summed E-state index contributed by atoms with van der Waals surface area (Å²) in [4.78, 5) is 24.5. The third kappa shape index (κ3) is 3.39. The maximum Gasteiger partial charge on any atom is 0.272 e. The molecule has 1 saturated heterocycles. The molecule has 1 atom stereocenters. The molecule has 21 heavy (non-hydrogen) atoms. The molecule has 1 aliphatic rings. The Hall–Kier alpha value is -1.95. The molecule has 0 aromatic heterocycles. The zero-order valence-electron chi connectivity index (χ0n) is 12.8. The second-order valence-electron chi connectivity index (χ2n) is 6.67. The Morgan fingerprint density at radius 2 is 2.10 bits per heavy atom. The number of nitrogens with one attached hydrogen (secondary N) is 1. The van der Waals surface area contributed by atoms with Gasteiger partial charge in [-0.1, -0.05) is 32.9 Å². The molecular weight excluding hydrogens is 270 g/mol. The summed E-state index contributed by atoms with van der Waals surface area (Å²) in [5, 5.41) is 14.2. The van der Waals surface area contributed by atoms with E-state index < -0.39 is 0 Å². The van der Waals surface area contributed by atoms with Gasteiger partial charge in [0.1, 0.15) is 6.17 Å². The van der Waals surface area contributed by atoms with Gasteiger partial charge in [-0.15, -0.1) is 0 Å². The average molecular weight is 291 g/mol. The summed E-state index contributed by atoms with van der Waals surface area (Å²) in [6.07, 6.45) is -0.295. The number of nitro benzene ring substituents is 1. The monoisotopic (exact) mass is 291 g/mol. The predicted octanol–water partition coefficient (Wildman–Crippen LogP) is 2.38. The van der Waals surface area contributed by atoms with E-state index in [-0.39, 0.29) is 34.6 Å². The first-order valence-electron chi connectivity index (χ1n) is 6.97. The lowest BCUT2D eigenvalue weighted by molar-refractivity contribution is -0.385. The molecule has 0 aliphatic carbocycles. The van der Waals surface area contributed by atoms with Crippen molar-refractivity contribution in [1.82, 2.24) is 10.2 Å². The van der Waals surface area contributed by atoms with Crippen molar-refractivity contribution in [3.63, 3.8) is 0 Å². The summed E-state index contributed by atoms with van der Waals surface area (Å²) in [5.74, 6) is 0.0261. The average Bonchev–Trinajstić information content (AvgIpc) is 2.69. The van der Waals surface area contributed by atoms with Crippen molar-refractivity contribution in [1.29, 1.82) is 0 Å². The number of nitro groups is 1. The molecule has 0 bridgehead atoms. The van der Waals surface area contributed by atoms with E-state index in [1.165, 1.54) is 0 Å². The molecule has 1 amide bonds.